The number of carbonyl (C=O) groups excluding carboxylic acids is 2. The Bertz CT molecular complexity index is 1110. The number of nitrogens with zero attached hydrogens (tertiary/aromatic N) is 2. The van der Waals surface area contributed by atoms with Crippen molar-refractivity contribution in [2.24, 2.45) is 0 Å². The molecule has 1 amide bonds. The number of benzene rings is 1. The Balaban J connectivity index is 1.69. The van der Waals surface area contributed by atoms with E-state index in [1.165, 1.54) is 10.9 Å². The number of hydrogen-bond donors (Lipinski definition) is 1. The van der Waals surface area contributed by atoms with E-state index in [9.17, 15) is 14.4 Å². The SMILES string of the molecule is CCCCOCCOC(=O)Cn1cnc2sc(C(=O)Nc3ccccc3)c(C)c2c1=O. The van der Waals surface area contributed by atoms with Crippen LogP contribution in [-0.4, -0.2) is 41.2 Å². The zero-order valence-corrected chi connectivity index (χ0v) is 18.4. The fraction of sp³-hybridized carbons (Fsp3) is 0.364. The molecule has 0 atom stereocenters. The summed E-state index contributed by atoms with van der Waals surface area (Å²) in [6.07, 6.45) is 3.30. The molecule has 2 heterocycles. The number of fused-ring (bicyclic) bond motifs is 1. The highest BCUT2D eigenvalue weighted by molar-refractivity contribution is 7.20. The topological polar surface area (TPSA) is 99.5 Å². The second-order valence-electron chi connectivity index (χ2n) is 6.92. The van der Waals surface area contributed by atoms with Gasteiger partial charge in [0.25, 0.3) is 11.5 Å². The first-order valence-electron chi connectivity index (χ1n) is 10.1. The maximum Gasteiger partial charge on any atom is 0.326 e. The molecule has 0 fully saturated rings. The molecular weight excluding hydrogens is 418 g/mol. The zero-order valence-electron chi connectivity index (χ0n) is 17.6. The van der Waals surface area contributed by atoms with Crippen LogP contribution in [0, 0.1) is 6.92 Å². The summed E-state index contributed by atoms with van der Waals surface area (Å²) in [5, 5.41) is 3.15. The Morgan fingerprint density at radius 3 is 2.68 bits per heavy atom. The van der Waals surface area contributed by atoms with Crippen LogP contribution in [0.5, 0.6) is 0 Å². The molecule has 0 radical (unpaired) electrons. The molecule has 0 bridgehead atoms. The van der Waals surface area contributed by atoms with Crippen molar-refractivity contribution >= 4 is 39.1 Å². The lowest BCUT2D eigenvalue weighted by molar-refractivity contribution is -0.146. The molecule has 31 heavy (non-hydrogen) atoms. The van der Waals surface area contributed by atoms with E-state index in [0.717, 1.165) is 24.2 Å². The summed E-state index contributed by atoms with van der Waals surface area (Å²) in [5.41, 5.74) is 0.822. The molecule has 1 N–H and O–H groups in total. The molecule has 0 aliphatic heterocycles. The van der Waals surface area contributed by atoms with Crippen LogP contribution in [0.2, 0.25) is 0 Å². The predicted octanol–water partition coefficient (Wildman–Crippen LogP) is 3.38. The molecule has 2 aromatic heterocycles. The number of aryl methyl sites for hydroxylation is 1. The molecule has 0 saturated carbocycles. The molecule has 0 aliphatic rings. The van der Waals surface area contributed by atoms with Gasteiger partial charge in [0.2, 0.25) is 0 Å². The lowest BCUT2D eigenvalue weighted by Crippen LogP contribution is -2.26. The van der Waals surface area contributed by atoms with Crippen molar-refractivity contribution in [3.63, 3.8) is 0 Å². The van der Waals surface area contributed by atoms with Gasteiger partial charge in [-0.15, -0.1) is 11.3 Å². The van der Waals surface area contributed by atoms with Crippen molar-refractivity contribution in [1.82, 2.24) is 9.55 Å². The van der Waals surface area contributed by atoms with Gasteiger partial charge in [0.15, 0.2) is 0 Å². The number of unbranched alkanes of at least 4 members (excludes halogenated alkanes) is 1. The van der Waals surface area contributed by atoms with Crippen molar-refractivity contribution in [1.29, 1.82) is 0 Å². The molecule has 8 nitrogen and oxygen atoms in total. The number of anilines is 1. The molecule has 9 heteroatoms. The van der Waals surface area contributed by atoms with E-state index in [4.69, 9.17) is 9.47 Å². The van der Waals surface area contributed by atoms with Gasteiger partial charge in [-0.1, -0.05) is 31.5 Å². The maximum absolute atomic E-state index is 12.9. The first kappa shape index (κ1) is 22.6. The Morgan fingerprint density at radius 2 is 1.94 bits per heavy atom. The smallest absolute Gasteiger partial charge is 0.326 e. The highest BCUT2D eigenvalue weighted by Gasteiger charge is 2.20. The van der Waals surface area contributed by atoms with Gasteiger partial charge in [-0.25, -0.2) is 4.98 Å². The first-order chi connectivity index (χ1) is 15.0. The van der Waals surface area contributed by atoms with Crippen LogP contribution in [0.15, 0.2) is 41.5 Å². The van der Waals surface area contributed by atoms with Crippen LogP contribution in [0.25, 0.3) is 10.2 Å². The second kappa shape index (κ2) is 10.8. The molecule has 0 saturated heterocycles. The summed E-state index contributed by atoms with van der Waals surface area (Å²) in [7, 11) is 0. The van der Waals surface area contributed by atoms with Crippen molar-refractivity contribution in [2.75, 3.05) is 25.1 Å². The zero-order chi connectivity index (χ0) is 22.2. The van der Waals surface area contributed by atoms with E-state index in [1.807, 2.05) is 18.2 Å². The average molecular weight is 444 g/mol. The molecule has 1 aromatic carbocycles. The number of thiophene rings is 1. The summed E-state index contributed by atoms with van der Waals surface area (Å²) in [5.74, 6) is -0.850. The quantitative estimate of drug-likeness (QED) is 0.381. The van der Waals surface area contributed by atoms with E-state index >= 15 is 0 Å². The van der Waals surface area contributed by atoms with E-state index in [-0.39, 0.29) is 24.6 Å². The van der Waals surface area contributed by atoms with Crippen molar-refractivity contribution in [2.45, 2.75) is 33.2 Å². The molecule has 3 rings (SSSR count). The molecule has 0 aliphatic carbocycles. The van der Waals surface area contributed by atoms with Crippen LogP contribution < -0.4 is 10.9 Å². The molecule has 164 valence electrons. The molecule has 0 unspecified atom stereocenters. The van der Waals surface area contributed by atoms with Crippen LogP contribution in [-0.2, 0) is 20.8 Å². The Labute approximate surface area is 183 Å². The Morgan fingerprint density at radius 1 is 1.16 bits per heavy atom. The van der Waals surface area contributed by atoms with Crippen molar-refractivity contribution in [3.8, 4) is 0 Å². The monoisotopic (exact) mass is 443 g/mol. The normalized spacial score (nSPS) is 10.9. The lowest BCUT2D eigenvalue weighted by atomic mass is 10.2. The lowest BCUT2D eigenvalue weighted by Gasteiger charge is -2.07. The van der Waals surface area contributed by atoms with Crippen LogP contribution in [0.4, 0.5) is 5.69 Å². The fourth-order valence-electron chi connectivity index (χ4n) is 2.95. The Hall–Kier alpha value is -3.04. The number of rotatable bonds is 10. The van der Waals surface area contributed by atoms with Gasteiger partial charge in [0, 0.05) is 12.3 Å². The summed E-state index contributed by atoms with van der Waals surface area (Å²) in [6.45, 7) is 4.61. The average Bonchev–Trinajstić information content (AvgIpc) is 3.10. The molecule has 0 spiro atoms. The fourth-order valence-corrected chi connectivity index (χ4v) is 3.98. The number of carbonyl (C=O) groups is 2. The molecular formula is C22H25N3O5S. The third-order valence-corrected chi connectivity index (χ3v) is 5.79. The number of ether oxygens (including phenoxy) is 2. The van der Waals surface area contributed by atoms with Crippen molar-refractivity contribution in [3.05, 3.63) is 57.5 Å². The molecule has 3 aromatic rings. The number of aromatic nitrogens is 2. The van der Waals surface area contributed by atoms with Gasteiger partial charge in [-0.05, 0) is 31.0 Å². The van der Waals surface area contributed by atoms with E-state index in [2.05, 4.69) is 17.2 Å². The van der Waals surface area contributed by atoms with Gasteiger partial charge in [-0.3, -0.25) is 19.0 Å². The number of nitrogens with one attached hydrogen (secondary N) is 1. The minimum Gasteiger partial charge on any atom is -0.462 e. The summed E-state index contributed by atoms with van der Waals surface area (Å²) < 4.78 is 11.7. The largest absolute Gasteiger partial charge is 0.462 e. The van der Waals surface area contributed by atoms with Crippen LogP contribution in [0.1, 0.15) is 35.0 Å². The van der Waals surface area contributed by atoms with Crippen molar-refractivity contribution < 1.29 is 19.1 Å². The summed E-state index contributed by atoms with van der Waals surface area (Å²) >= 11 is 1.15. The van der Waals surface area contributed by atoms with Gasteiger partial charge >= 0.3 is 5.97 Å². The summed E-state index contributed by atoms with van der Waals surface area (Å²) in [6, 6.07) is 9.07. The predicted molar refractivity (Wildman–Crippen MR) is 120 cm³/mol. The number of hydrogen-bond acceptors (Lipinski definition) is 7. The number of para-hydroxylation sites is 1. The third-order valence-electron chi connectivity index (χ3n) is 4.59. The minimum absolute atomic E-state index is 0.133. The van der Waals surface area contributed by atoms with Crippen LogP contribution >= 0.6 is 11.3 Å². The van der Waals surface area contributed by atoms with Gasteiger partial charge in [0.1, 0.15) is 18.0 Å². The highest BCUT2D eigenvalue weighted by Crippen LogP contribution is 2.27. The Kier molecular flexibility index (Phi) is 7.91. The minimum atomic E-state index is -0.544. The van der Waals surface area contributed by atoms with Gasteiger partial charge in [0.05, 0.1) is 23.2 Å². The summed E-state index contributed by atoms with van der Waals surface area (Å²) in [4.78, 5) is 42.8. The highest BCUT2D eigenvalue weighted by atomic mass is 32.1. The van der Waals surface area contributed by atoms with E-state index in [0.29, 0.717) is 39.6 Å². The number of amides is 1. The third kappa shape index (κ3) is 5.77. The van der Waals surface area contributed by atoms with Gasteiger partial charge < -0.3 is 14.8 Å². The van der Waals surface area contributed by atoms with Gasteiger partial charge in [-0.2, -0.15) is 0 Å². The number of esters is 1. The maximum atomic E-state index is 12.9. The van der Waals surface area contributed by atoms with E-state index < -0.39 is 5.97 Å². The first-order valence-corrected chi connectivity index (χ1v) is 10.9. The van der Waals surface area contributed by atoms with Crippen LogP contribution in [0.3, 0.4) is 0 Å². The standard InChI is InChI=1S/C22H25N3O5S/c1-3-4-10-29-11-12-30-17(26)13-25-14-23-21-18(22(25)28)15(2)19(31-21)20(27)24-16-8-6-5-7-9-16/h5-9,14H,3-4,10-13H2,1-2H3,(H,24,27). The second-order valence-corrected chi connectivity index (χ2v) is 7.92. The van der Waals surface area contributed by atoms with E-state index in [1.54, 1.807) is 19.1 Å².